The van der Waals surface area contributed by atoms with Gasteiger partial charge in [-0.15, -0.1) is 21.5 Å². The van der Waals surface area contributed by atoms with Crippen LogP contribution in [-0.2, 0) is 17.0 Å². The number of aromatic nitrogens is 3. The van der Waals surface area contributed by atoms with Gasteiger partial charge in [-0.3, -0.25) is 4.57 Å². The molecule has 0 amide bonds. The molecule has 1 saturated heterocycles. The molecule has 6 nitrogen and oxygen atoms in total. The van der Waals surface area contributed by atoms with Crippen molar-refractivity contribution in [2.45, 2.75) is 43.3 Å². The van der Waals surface area contributed by atoms with Gasteiger partial charge in [-0.25, -0.2) is 4.79 Å². The van der Waals surface area contributed by atoms with E-state index in [1.165, 1.54) is 0 Å². The van der Waals surface area contributed by atoms with Crippen molar-refractivity contribution in [3.8, 4) is 10.7 Å². The molecule has 8 heteroatoms. The summed E-state index contributed by atoms with van der Waals surface area (Å²) in [5, 5.41) is 12.8. The van der Waals surface area contributed by atoms with Crippen LogP contribution in [0.2, 0.25) is 0 Å². The largest absolute Gasteiger partial charge is 0.423 e. The van der Waals surface area contributed by atoms with E-state index >= 15 is 0 Å². The van der Waals surface area contributed by atoms with Gasteiger partial charge in [0.15, 0.2) is 11.0 Å². The average Bonchev–Trinajstić information content (AvgIpc) is 3.48. The van der Waals surface area contributed by atoms with Crippen molar-refractivity contribution in [3.05, 3.63) is 63.3 Å². The summed E-state index contributed by atoms with van der Waals surface area (Å²) >= 11 is 3.24. The summed E-state index contributed by atoms with van der Waals surface area (Å²) in [4.78, 5) is 13.2. The van der Waals surface area contributed by atoms with Gasteiger partial charge in [-0.1, -0.05) is 30.0 Å². The summed E-state index contributed by atoms with van der Waals surface area (Å²) < 4.78 is 13.4. The Hall–Kier alpha value is -2.42. The molecule has 0 aliphatic carbocycles. The first kappa shape index (κ1) is 19.5. The van der Waals surface area contributed by atoms with Crippen LogP contribution >= 0.6 is 23.1 Å². The molecule has 3 aromatic heterocycles. The number of hydrogen-bond acceptors (Lipinski definition) is 7. The van der Waals surface area contributed by atoms with Crippen molar-refractivity contribution >= 4 is 34.1 Å². The Labute approximate surface area is 181 Å². The molecule has 0 bridgehead atoms. The van der Waals surface area contributed by atoms with Crippen molar-refractivity contribution in [1.82, 2.24) is 14.8 Å². The molecule has 1 atom stereocenters. The Morgan fingerprint density at radius 2 is 2.20 bits per heavy atom. The summed E-state index contributed by atoms with van der Waals surface area (Å²) in [7, 11) is 0. The number of benzene rings is 1. The highest BCUT2D eigenvalue weighted by Gasteiger charge is 2.22. The molecule has 0 N–H and O–H groups in total. The summed E-state index contributed by atoms with van der Waals surface area (Å²) in [5.74, 6) is 1.48. The van der Waals surface area contributed by atoms with Crippen LogP contribution in [0.5, 0.6) is 0 Å². The molecule has 30 heavy (non-hydrogen) atoms. The number of thiophene rings is 1. The lowest BCUT2D eigenvalue weighted by molar-refractivity contribution is 0.0953. The van der Waals surface area contributed by atoms with E-state index in [4.69, 9.17) is 9.15 Å². The van der Waals surface area contributed by atoms with Gasteiger partial charge in [0.05, 0.1) is 17.5 Å². The fraction of sp³-hybridized carbons (Fsp3) is 0.318. The molecule has 0 radical (unpaired) electrons. The molecular weight excluding hydrogens is 418 g/mol. The molecule has 0 saturated carbocycles. The summed E-state index contributed by atoms with van der Waals surface area (Å²) in [6.45, 7) is 3.54. The lowest BCUT2D eigenvalue weighted by Crippen LogP contribution is -2.16. The zero-order chi connectivity index (χ0) is 20.5. The minimum Gasteiger partial charge on any atom is -0.423 e. The molecule has 0 unspecified atom stereocenters. The second-order valence-electron chi connectivity index (χ2n) is 7.41. The summed E-state index contributed by atoms with van der Waals surface area (Å²) in [6, 6.07) is 11.6. The zero-order valence-corrected chi connectivity index (χ0v) is 18.2. The van der Waals surface area contributed by atoms with Gasteiger partial charge in [-0.2, -0.15) is 0 Å². The Morgan fingerprint density at radius 1 is 1.27 bits per heavy atom. The standard InChI is InChI=1S/C22H21N3O3S2/c1-14-6-7-17-15(11-20(26)28-18(17)10-14)13-30-22-24-23-21(19-5-3-9-29-19)25(22)12-16-4-2-8-27-16/h3,5-7,9-11,16H,2,4,8,12-13H2,1H3/t16-/m0/s1. The van der Waals surface area contributed by atoms with Crippen LogP contribution in [0.1, 0.15) is 24.0 Å². The van der Waals surface area contributed by atoms with Gasteiger partial charge >= 0.3 is 5.63 Å². The highest BCUT2D eigenvalue weighted by Crippen LogP contribution is 2.31. The number of thioether (sulfide) groups is 1. The summed E-state index contributed by atoms with van der Waals surface area (Å²) in [5.41, 5.74) is 2.30. The SMILES string of the molecule is Cc1ccc2c(CSc3nnc(-c4cccs4)n3C[C@@H]3CCCO3)cc(=O)oc2c1. The first-order valence-corrected chi connectivity index (χ1v) is 11.8. The Bertz CT molecular complexity index is 1220. The first-order valence-electron chi connectivity index (χ1n) is 9.92. The Morgan fingerprint density at radius 3 is 3.00 bits per heavy atom. The van der Waals surface area contributed by atoms with Gasteiger partial charge in [-0.05, 0) is 48.4 Å². The van der Waals surface area contributed by atoms with Crippen LogP contribution in [0, 0.1) is 6.92 Å². The smallest absolute Gasteiger partial charge is 0.336 e. The molecule has 5 rings (SSSR count). The number of fused-ring (bicyclic) bond motifs is 1. The number of aryl methyl sites for hydroxylation is 1. The number of nitrogens with zero attached hydrogens (tertiary/aromatic N) is 3. The number of hydrogen-bond donors (Lipinski definition) is 0. The second-order valence-corrected chi connectivity index (χ2v) is 9.30. The molecule has 4 heterocycles. The van der Waals surface area contributed by atoms with Crippen LogP contribution in [0.15, 0.2) is 56.1 Å². The summed E-state index contributed by atoms with van der Waals surface area (Å²) in [6.07, 6.45) is 2.33. The second kappa shape index (κ2) is 8.37. The van der Waals surface area contributed by atoms with Crippen LogP contribution < -0.4 is 5.63 Å². The fourth-order valence-electron chi connectivity index (χ4n) is 3.74. The Kier molecular flexibility index (Phi) is 5.45. The number of rotatable bonds is 6. The molecule has 154 valence electrons. The highest BCUT2D eigenvalue weighted by molar-refractivity contribution is 7.98. The van der Waals surface area contributed by atoms with Gasteiger partial charge in [0.1, 0.15) is 5.58 Å². The molecule has 1 aliphatic rings. The van der Waals surface area contributed by atoms with E-state index in [2.05, 4.69) is 20.8 Å². The van der Waals surface area contributed by atoms with Crippen molar-refractivity contribution in [3.63, 3.8) is 0 Å². The third-order valence-corrected chi connectivity index (χ3v) is 7.09. The Balaban J connectivity index is 1.46. The van der Waals surface area contributed by atoms with E-state index in [-0.39, 0.29) is 11.7 Å². The maximum atomic E-state index is 12.1. The van der Waals surface area contributed by atoms with Crippen LogP contribution in [-0.4, -0.2) is 27.5 Å². The highest BCUT2D eigenvalue weighted by atomic mass is 32.2. The van der Waals surface area contributed by atoms with E-state index in [0.717, 1.165) is 58.4 Å². The minimum absolute atomic E-state index is 0.187. The fourth-order valence-corrected chi connectivity index (χ4v) is 5.40. The van der Waals surface area contributed by atoms with Crippen LogP contribution in [0.25, 0.3) is 21.7 Å². The van der Waals surface area contributed by atoms with E-state index in [9.17, 15) is 4.79 Å². The van der Waals surface area contributed by atoms with Crippen molar-refractivity contribution < 1.29 is 9.15 Å². The predicted molar refractivity (Wildman–Crippen MR) is 119 cm³/mol. The van der Waals surface area contributed by atoms with Gasteiger partial charge in [0.2, 0.25) is 0 Å². The lowest BCUT2D eigenvalue weighted by Gasteiger charge is -2.14. The molecule has 1 aromatic carbocycles. The van der Waals surface area contributed by atoms with Crippen molar-refractivity contribution in [2.24, 2.45) is 0 Å². The quantitative estimate of drug-likeness (QED) is 0.315. The molecule has 4 aromatic rings. The number of ether oxygens (including phenoxy) is 1. The van der Waals surface area contributed by atoms with Crippen molar-refractivity contribution in [1.29, 1.82) is 0 Å². The monoisotopic (exact) mass is 439 g/mol. The average molecular weight is 440 g/mol. The van der Waals surface area contributed by atoms with Gasteiger partial charge in [0.25, 0.3) is 0 Å². The minimum atomic E-state index is -0.330. The van der Waals surface area contributed by atoms with Crippen LogP contribution in [0.3, 0.4) is 0 Å². The third kappa shape index (κ3) is 3.95. The van der Waals surface area contributed by atoms with E-state index in [1.54, 1.807) is 29.2 Å². The molecule has 1 aliphatic heterocycles. The van der Waals surface area contributed by atoms with E-state index < -0.39 is 0 Å². The first-order chi connectivity index (χ1) is 14.7. The molecular formula is C22H21N3O3S2. The van der Waals surface area contributed by atoms with Gasteiger partial charge < -0.3 is 9.15 Å². The van der Waals surface area contributed by atoms with E-state index in [0.29, 0.717) is 11.3 Å². The topological polar surface area (TPSA) is 70.2 Å². The maximum absolute atomic E-state index is 12.1. The van der Waals surface area contributed by atoms with Crippen molar-refractivity contribution in [2.75, 3.05) is 6.61 Å². The zero-order valence-electron chi connectivity index (χ0n) is 16.5. The normalized spacial score (nSPS) is 16.5. The third-order valence-electron chi connectivity index (χ3n) is 5.21. The molecule has 1 fully saturated rings. The predicted octanol–water partition coefficient (Wildman–Crippen LogP) is 4.89. The van der Waals surface area contributed by atoms with Crippen LogP contribution in [0.4, 0.5) is 0 Å². The maximum Gasteiger partial charge on any atom is 0.336 e. The van der Waals surface area contributed by atoms with Gasteiger partial charge in [0, 0.05) is 23.8 Å². The lowest BCUT2D eigenvalue weighted by atomic mass is 10.1. The van der Waals surface area contributed by atoms with E-state index in [1.807, 2.05) is 36.6 Å². The molecule has 0 spiro atoms.